The second-order valence-corrected chi connectivity index (χ2v) is 6.56. The van der Waals surface area contributed by atoms with Crippen molar-refractivity contribution in [3.05, 3.63) is 0 Å². The molecule has 120 valence electrons. The van der Waals surface area contributed by atoms with Crippen LogP contribution < -0.4 is 5.32 Å². The van der Waals surface area contributed by atoms with E-state index in [1.54, 1.807) is 0 Å². The molecular formula is C16H35N3O. The van der Waals surface area contributed by atoms with Crippen molar-refractivity contribution in [3.8, 4) is 0 Å². The molecule has 0 amide bonds. The number of likely N-dealkylation sites (N-methyl/N-ethyl adjacent to an activating group) is 2. The molecule has 1 fully saturated rings. The highest BCUT2D eigenvalue weighted by Crippen LogP contribution is 2.31. The van der Waals surface area contributed by atoms with Crippen LogP contribution in [0.5, 0.6) is 0 Å². The number of aliphatic hydroxyl groups is 1. The van der Waals surface area contributed by atoms with Crippen LogP contribution in [-0.2, 0) is 0 Å². The van der Waals surface area contributed by atoms with Gasteiger partial charge in [0.2, 0.25) is 0 Å². The number of hydrogen-bond donors (Lipinski definition) is 2. The van der Waals surface area contributed by atoms with Crippen LogP contribution in [0.2, 0.25) is 0 Å². The number of nitrogens with zero attached hydrogens (tertiary/aromatic N) is 2. The quantitative estimate of drug-likeness (QED) is 0.674. The summed E-state index contributed by atoms with van der Waals surface area (Å²) in [6.45, 7) is 9.03. The maximum absolute atomic E-state index is 9.83. The van der Waals surface area contributed by atoms with Crippen molar-refractivity contribution in [2.75, 3.05) is 46.9 Å². The molecule has 4 heteroatoms. The van der Waals surface area contributed by atoms with Gasteiger partial charge in [-0.2, -0.15) is 0 Å². The van der Waals surface area contributed by atoms with Gasteiger partial charge in [0.15, 0.2) is 0 Å². The largest absolute Gasteiger partial charge is 0.394 e. The Labute approximate surface area is 125 Å². The van der Waals surface area contributed by atoms with Crippen molar-refractivity contribution in [1.82, 2.24) is 15.1 Å². The zero-order valence-corrected chi connectivity index (χ0v) is 14.0. The molecule has 2 unspecified atom stereocenters. The Balaban J connectivity index is 2.64. The second-order valence-electron chi connectivity index (χ2n) is 6.56. The Morgan fingerprint density at radius 2 is 1.95 bits per heavy atom. The second kappa shape index (κ2) is 8.98. The molecule has 2 N–H and O–H groups in total. The van der Waals surface area contributed by atoms with Crippen molar-refractivity contribution in [2.45, 2.75) is 57.5 Å². The van der Waals surface area contributed by atoms with Gasteiger partial charge in [0, 0.05) is 24.7 Å². The smallest absolute Gasteiger partial charge is 0.0613 e. The minimum atomic E-state index is -0.0399. The zero-order valence-electron chi connectivity index (χ0n) is 14.0. The van der Waals surface area contributed by atoms with E-state index in [0.29, 0.717) is 6.04 Å². The van der Waals surface area contributed by atoms with E-state index in [-0.39, 0.29) is 12.1 Å². The normalized spacial score (nSPS) is 27.4. The van der Waals surface area contributed by atoms with Crippen molar-refractivity contribution < 1.29 is 5.11 Å². The van der Waals surface area contributed by atoms with Gasteiger partial charge in [-0.3, -0.25) is 4.90 Å². The number of rotatable bonds is 9. The van der Waals surface area contributed by atoms with E-state index in [1.807, 2.05) is 0 Å². The summed E-state index contributed by atoms with van der Waals surface area (Å²) in [7, 11) is 4.28. The Morgan fingerprint density at radius 3 is 2.50 bits per heavy atom. The van der Waals surface area contributed by atoms with E-state index < -0.39 is 0 Å². The summed E-state index contributed by atoms with van der Waals surface area (Å²) >= 11 is 0. The van der Waals surface area contributed by atoms with Crippen LogP contribution in [0, 0.1) is 0 Å². The summed E-state index contributed by atoms with van der Waals surface area (Å²) in [5.41, 5.74) is -0.0399. The summed E-state index contributed by atoms with van der Waals surface area (Å²) in [5, 5.41) is 13.4. The molecule has 0 spiro atoms. The lowest BCUT2D eigenvalue weighted by Gasteiger charge is -2.44. The predicted octanol–water partition coefficient (Wildman–Crippen LogP) is 1.54. The van der Waals surface area contributed by atoms with Gasteiger partial charge >= 0.3 is 0 Å². The summed E-state index contributed by atoms with van der Waals surface area (Å²) in [6, 6.07) is 0.620. The lowest BCUT2D eigenvalue weighted by atomic mass is 9.78. The predicted molar refractivity (Wildman–Crippen MR) is 86.2 cm³/mol. The minimum Gasteiger partial charge on any atom is -0.394 e. The summed E-state index contributed by atoms with van der Waals surface area (Å²) in [4.78, 5) is 4.90. The van der Waals surface area contributed by atoms with E-state index >= 15 is 0 Å². The molecule has 0 aliphatic heterocycles. The van der Waals surface area contributed by atoms with Crippen molar-refractivity contribution >= 4 is 0 Å². The van der Waals surface area contributed by atoms with Crippen LogP contribution >= 0.6 is 0 Å². The van der Waals surface area contributed by atoms with Gasteiger partial charge in [-0.25, -0.2) is 0 Å². The molecule has 1 rings (SSSR count). The minimum absolute atomic E-state index is 0.0399. The van der Waals surface area contributed by atoms with E-state index in [4.69, 9.17) is 0 Å². The number of aliphatic hydroxyl groups excluding tert-OH is 1. The fourth-order valence-corrected chi connectivity index (χ4v) is 3.47. The van der Waals surface area contributed by atoms with Crippen molar-refractivity contribution in [2.24, 2.45) is 0 Å². The summed E-state index contributed by atoms with van der Waals surface area (Å²) in [6.07, 6.45) is 5.91. The van der Waals surface area contributed by atoms with Crippen LogP contribution in [0.3, 0.4) is 0 Å². The average molecular weight is 285 g/mol. The topological polar surface area (TPSA) is 38.7 Å². The third kappa shape index (κ3) is 5.32. The fraction of sp³-hybridized carbons (Fsp3) is 1.00. The first-order valence-corrected chi connectivity index (χ1v) is 8.31. The first-order chi connectivity index (χ1) is 9.56. The van der Waals surface area contributed by atoms with Crippen LogP contribution in [0.15, 0.2) is 0 Å². The number of hydrogen-bond acceptors (Lipinski definition) is 4. The van der Waals surface area contributed by atoms with Crippen molar-refractivity contribution in [3.63, 3.8) is 0 Å². The summed E-state index contributed by atoms with van der Waals surface area (Å²) < 4.78 is 0. The standard InChI is InChI=1S/C16H35N3O/c1-5-10-19(12-11-18(3)4)15-8-7-9-16(13-15,14-20)17-6-2/h15,17,20H,5-14H2,1-4H3. The van der Waals surface area contributed by atoms with E-state index in [2.05, 4.69) is 43.1 Å². The average Bonchev–Trinajstić information content (AvgIpc) is 2.44. The molecule has 0 aromatic carbocycles. The SMILES string of the molecule is CCCN(CCN(C)C)C1CCCC(CO)(NCC)C1. The fourth-order valence-electron chi connectivity index (χ4n) is 3.47. The third-order valence-corrected chi connectivity index (χ3v) is 4.54. The molecule has 1 saturated carbocycles. The van der Waals surface area contributed by atoms with E-state index in [1.165, 1.54) is 25.8 Å². The Morgan fingerprint density at radius 1 is 1.20 bits per heavy atom. The van der Waals surface area contributed by atoms with Gasteiger partial charge in [-0.05, 0) is 59.3 Å². The Bertz CT molecular complexity index is 256. The molecular weight excluding hydrogens is 250 g/mol. The Kier molecular flexibility index (Phi) is 8.03. The van der Waals surface area contributed by atoms with Gasteiger partial charge in [-0.15, -0.1) is 0 Å². The van der Waals surface area contributed by atoms with Crippen LogP contribution in [-0.4, -0.2) is 73.4 Å². The number of nitrogens with one attached hydrogen (secondary N) is 1. The highest BCUT2D eigenvalue weighted by Gasteiger charge is 2.37. The third-order valence-electron chi connectivity index (χ3n) is 4.54. The molecule has 4 nitrogen and oxygen atoms in total. The van der Waals surface area contributed by atoms with Gasteiger partial charge < -0.3 is 15.3 Å². The van der Waals surface area contributed by atoms with Crippen LogP contribution in [0.1, 0.15) is 46.0 Å². The first-order valence-electron chi connectivity index (χ1n) is 8.31. The van der Waals surface area contributed by atoms with Crippen LogP contribution in [0.25, 0.3) is 0 Å². The molecule has 1 aliphatic rings. The highest BCUT2D eigenvalue weighted by molar-refractivity contribution is 4.96. The van der Waals surface area contributed by atoms with Crippen LogP contribution in [0.4, 0.5) is 0 Å². The molecule has 0 heterocycles. The molecule has 2 atom stereocenters. The maximum Gasteiger partial charge on any atom is 0.0613 e. The van der Waals surface area contributed by atoms with Gasteiger partial charge in [0.05, 0.1) is 6.61 Å². The highest BCUT2D eigenvalue weighted by atomic mass is 16.3. The molecule has 0 aromatic heterocycles. The van der Waals surface area contributed by atoms with Gasteiger partial charge in [0.1, 0.15) is 0 Å². The molecule has 0 aromatic rings. The molecule has 0 bridgehead atoms. The molecule has 0 radical (unpaired) electrons. The maximum atomic E-state index is 9.83. The monoisotopic (exact) mass is 285 g/mol. The van der Waals surface area contributed by atoms with Crippen molar-refractivity contribution in [1.29, 1.82) is 0 Å². The Hall–Kier alpha value is -0.160. The molecule has 1 aliphatic carbocycles. The molecule has 20 heavy (non-hydrogen) atoms. The van der Waals surface area contributed by atoms with E-state index in [9.17, 15) is 5.11 Å². The molecule has 0 saturated heterocycles. The van der Waals surface area contributed by atoms with Gasteiger partial charge in [0.25, 0.3) is 0 Å². The van der Waals surface area contributed by atoms with Gasteiger partial charge in [-0.1, -0.05) is 13.8 Å². The zero-order chi connectivity index (χ0) is 15.0. The summed E-state index contributed by atoms with van der Waals surface area (Å²) in [5.74, 6) is 0. The lowest BCUT2D eigenvalue weighted by molar-refractivity contribution is 0.0572. The van der Waals surface area contributed by atoms with E-state index in [0.717, 1.165) is 32.5 Å². The first kappa shape index (κ1) is 17.9. The lowest BCUT2D eigenvalue weighted by Crippen LogP contribution is -2.56.